The Hall–Kier alpha value is -2.18. The van der Waals surface area contributed by atoms with Crippen LogP contribution in [0.4, 0.5) is 0 Å². The lowest BCUT2D eigenvalue weighted by Crippen LogP contribution is -2.57. The summed E-state index contributed by atoms with van der Waals surface area (Å²) in [6, 6.07) is 8.18. The van der Waals surface area contributed by atoms with E-state index in [2.05, 4.69) is 9.97 Å². The van der Waals surface area contributed by atoms with Gasteiger partial charge in [0.2, 0.25) is 5.91 Å². The Kier molecular flexibility index (Phi) is 4.97. The van der Waals surface area contributed by atoms with Gasteiger partial charge in [0, 0.05) is 24.9 Å². The normalized spacial score (nSPS) is 21.0. The Morgan fingerprint density at radius 1 is 1.42 bits per heavy atom. The molecule has 6 nitrogen and oxygen atoms in total. The van der Waals surface area contributed by atoms with Crippen molar-refractivity contribution >= 4 is 5.91 Å². The van der Waals surface area contributed by atoms with Crippen molar-refractivity contribution < 1.29 is 14.6 Å². The number of benzene rings is 1. The SMILES string of the molecule is Cc1ccc(C[C@]2(CO)CN(C(=O)Cc3cnc[nH]3)CCO2)cc1. The number of carbonyl (C=O) groups excluding carboxylic acids is 1. The maximum absolute atomic E-state index is 12.5. The second-order valence-corrected chi connectivity index (χ2v) is 6.42. The summed E-state index contributed by atoms with van der Waals surface area (Å²) in [5.74, 6) is 0.0179. The number of nitrogens with zero attached hydrogens (tertiary/aromatic N) is 2. The maximum Gasteiger partial charge on any atom is 0.228 e. The molecule has 1 fully saturated rings. The molecule has 2 N–H and O–H groups in total. The number of ether oxygens (including phenoxy) is 1. The van der Waals surface area contributed by atoms with Gasteiger partial charge < -0.3 is 19.7 Å². The molecule has 0 bridgehead atoms. The molecule has 0 spiro atoms. The third-order valence-electron chi connectivity index (χ3n) is 4.43. The van der Waals surface area contributed by atoms with E-state index in [1.165, 1.54) is 5.56 Å². The van der Waals surface area contributed by atoms with Crippen molar-refractivity contribution in [2.75, 3.05) is 26.3 Å². The van der Waals surface area contributed by atoms with Gasteiger partial charge in [0.05, 0.1) is 32.5 Å². The van der Waals surface area contributed by atoms with E-state index < -0.39 is 5.60 Å². The lowest BCUT2D eigenvalue weighted by atomic mass is 9.92. The van der Waals surface area contributed by atoms with E-state index in [-0.39, 0.29) is 18.9 Å². The monoisotopic (exact) mass is 329 g/mol. The molecule has 1 atom stereocenters. The first-order chi connectivity index (χ1) is 11.6. The van der Waals surface area contributed by atoms with Crippen molar-refractivity contribution in [3.8, 4) is 0 Å². The fourth-order valence-corrected chi connectivity index (χ4v) is 3.05. The quantitative estimate of drug-likeness (QED) is 0.861. The number of aryl methyl sites for hydroxylation is 1. The molecule has 2 heterocycles. The van der Waals surface area contributed by atoms with Crippen LogP contribution in [0.3, 0.4) is 0 Å². The van der Waals surface area contributed by atoms with Gasteiger partial charge in [0.1, 0.15) is 5.60 Å². The molecule has 1 saturated heterocycles. The molecule has 2 aromatic rings. The molecular weight excluding hydrogens is 306 g/mol. The highest BCUT2D eigenvalue weighted by Gasteiger charge is 2.38. The first-order valence-electron chi connectivity index (χ1n) is 8.16. The van der Waals surface area contributed by atoms with Gasteiger partial charge in [-0.2, -0.15) is 0 Å². The average molecular weight is 329 g/mol. The number of aliphatic hydroxyl groups excluding tert-OH is 1. The molecule has 3 rings (SSSR count). The van der Waals surface area contributed by atoms with Crippen LogP contribution in [0.25, 0.3) is 0 Å². The van der Waals surface area contributed by atoms with Crippen molar-refractivity contribution in [2.45, 2.75) is 25.4 Å². The van der Waals surface area contributed by atoms with Gasteiger partial charge in [-0.3, -0.25) is 4.79 Å². The van der Waals surface area contributed by atoms with Crippen LogP contribution in [0, 0.1) is 6.92 Å². The zero-order valence-corrected chi connectivity index (χ0v) is 13.9. The zero-order chi connectivity index (χ0) is 17.0. The van der Waals surface area contributed by atoms with Crippen LogP contribution in [0.5, 0.6) is 0 Å². The standard InChI is InChI=1S/C18H23N3O3/c1-14-2-4-15(5-3-14)9-18(12-22)11-21(6-7-24-18)17(23)8-16-10-19-13-20-16/h2-5,10,13,22H,6-9,11-12H2,1H3,(H,19,20)/t18-/m1/s1. The number of aromatic nitrogens is 2. The van der Waals surface area contributed by atoms with Gasteiger partial charge in [0.25, 0.3) is 0 Å². The molecular formula is C18H23N3O3. The van der Waals surface area contributed by atoms with Gasteiger partial charge in [-0.1, -0.05) is 29.8 Å². The Morgan fingerprint density at radius 3 is 2.88 bits per heavy atom. The third kappa shape index (κ3) is 3.83. The first-order valence-corrected chi connectivity index (χ1v) is 8.16. The molecule has 128 valence electrons. The molecule has 0 saturated carbocycles. The summed E-state index contributed by atoms with van der Waals surface area (Å²) >= 11 is 0. The van der Waals surface area contributed by atoms with E-state index >= 15 is 0 Å². The summed E-state index contributed by atoms with van der Waals surface area (Å²) < 4.78 is 5.90. The van der Waals surface area contributed by atoms with Crippen molar-refractivity contribution in [3.05, 3.63) is 53.6 Å². The number of rotatable bonds is 5. The number of hydrogen-bond donors (Lipinski definition) is 2. The average Bonchev–Trinajstić information content (AvgIpc) is 3.10. The number of amides is 1. The molecule has 1 aromatic heterocycles. The number of H-pyrrole nitrogens is 1. The zero-order valence-electron chi connectivity index (χ0n) is 13.9. The minimum Gasteiger partial charge on any atom is -0.393 e. The molecule has 6 heteroatoms. The summed E-state index contributed by atoms with van der Waals surface area (Å²) in [5.41, 5.74) is 2.34. The lowest BCUT2D eigenvalue weighted by Gasteiger charge is -2.42. The fourth-order valence-electron chi connectivity index (χ4n) is 3.05. The number of carbonyl (C=O) groups is 1. The van der Waals surface area contributed by atoms with Crippen molar-refractivity contribution in [1.82, 2.24) is 14.9 Å². The topological polar surface area (TPSA) is 78.5 Å². The summed E-state index contributed by atoms with van der Waals surface area (Å²) in [7, 11) is 0. The summed E-state index contributed by atoms with van der Waals surface area (Å²) in [4.78, 5) is 21.2. The number of imidazole rings is 1. The maximum atomic E-state index is 12.5. The summed E-state index contributed by atoms with van der Waals surface area (Å²) in [6.45, 7) is 3.29. The van der Waals surface area contributed by atoms with Gasteiger partial charge in [-0.15, -0.1) is 0 Å². The predicted molar refractivity (Wildman–Crippen MR) is 89.5 cm³/mol. The van der Waals surface area contributed by atoms with E-state index in [0.717, 1.165) is 11.3 Å². The van der Waals surface area contributed by atoms with Crippen molar-refractivity contribution in [3.63, 3.8) is 0 Å². The van der Waals surface area contributed by atoms with Gasteiger partial charge in [0.15, 0.2) is 0 Å². The minimum absolute atomic E-state index is 0.0179. The molecule has 1 aliphatic heterocycles. The molecule has 0 radical (unpaired) electrons. The van der Waals surface area contributed by atoms with Crippen LogP contribution in [0.2, 0.25) is 0 Å². The predicted octanol–water partition coefficient (Wildman–Crippen LogP) is 1.09. The van der Waals surface area contributed by atoms with Crippen molar-refractivity contribution in [2.24, 2.45) is 0 Å². The summed E-state index contributed by atoms with van der Waals surface area (Å²) in [5, 5.41) is 9.93. The second-order valence-electron chi connectivity index (χ2n) is 6.42. The molecule has 1 amide bonds. The molecule has 24 heavy (non-hydrogen) atoms. The van der Waals surface area contributed by atoms with E-state index in [9.17, 15) is 9.90 Å². The minimum atomic E-state index is -0.739. The van der Waals surface area contributed by atoms with E-state index in [0.29, 0.717) is 26.1 Å². The molecule has 0 aliphatic carbocycles. The number of aromatic amines is 1. The van der Waals surface area contributed by atoms with Crippen LogP contribution in [0.15, 0.2) is 36.8 Å². The Balaban J connectivity index is 1.69. The van der Waals surface area contributed by atoms with Gasteiger partial charge in [-0.25, -0.2) is 4.98 Å². The van der Waals surface area contributed by atoms with E-state index in [4.69, 9.17) is 4.74 Å². The number of morpholine rings is 1. The Bertz CT molecular complexity index is 669. The van der Waals surface area contributed by atoms with Gasteiger partial charge >= 0.3 is 0 Å². The van der Waals surface area contributed by atoms with Gasteiger partial charge in [-0.05, 0) is 12.5 Å². The Morgan fingerprint density at radius 2 is 2.21 bits per heavy atom. The van der Waals surface area contributed by atoms with E-state index in [1.54, 1.807) is 17.4 Å². The van der Waals surface area contributed by atoms with Crippen LogP contribution in [-0.2, 0) is 22.4 Å². The first kappa shape index (κ1) is 16.7. The van der Waals surface area contributed by atoms with Crippen LogP contribution in [0.1, 0.15) is 16.8 Å². The van der Waals surface area contributed by atoms with Crippen molar-refractivity contribution in [1.29, 1.82) is 0 Å². The highest BCUT2D eigenvalue weighted by atomic mass is 16.5. The number of nitrogens with one attached hydrogen (secondary N) is 1. The molecule has 0 unspecified atom stereocenters. The summed E-state index contributed by atoms with van der Waals surface area (Å²) in [6.07, 6.45) is 4.09. The Labute approximate surface area is 141 Å². The lowest BCUT2D eigenvalue weighted by molar-refractivity contribution is -0.157. The highest BCUT2D eigenvalue weighted by Crippen LogP contribution is 2.24. The largest absolute Gasteiger partial charge is 0.393 e. The van der Waals surface area contributed by atoms with E-state index in [1.807, 2.05) is 31.2 Å². The number of aliphatic hydroxyl groups is 1. The highest BCUT2D eigenvalue weighted by molar-refractivity contribution is 5.78. The van der Waals surface area contributed by atoms with Crippen LogP contribution < -0.4 is 0 Å². The van der Waals surface area contributed by atoms with Crippen LogP contribution in [-0.4, -0.2) is 57.8 Å². The number of hydrogen-bond acceptors (Lipinski definition) is 4. The third-order valence-corrected chi connectivity index (χ3v) is 4.43. The smallest absolute Gasteiger partial charge is 0.228 e. The molecule has 1 aliphatic rings. The molecule has 1 aromatic carbocycles. The second kappa shape index (κ2) is 7.15. The fraction of sp³-hybridized carbons (Fsp3) is 0.444. The van der Waals surface area contributed by atoms with Crippen LogP contribution >= 0.6 is 0 Å².